The molecule has 0 saturated carbocycles. The van der Waals surface area contributed by atoms with Crippen LogP contribution in [0.15, 0.2) is 30.5 Å². The average Bonchev–Trinajstić information content (AvgIpc) is 2.77. The molecule has 0 fully saturated rings. The fourth-order valence-corrected chi connectivity index (χ4v) is 2.14. The molecular weight excluding hydrogens is 357 g/mol. The van der Waals surface area contributed by atoms with Crippen LogP contribution in [-0.4, -0.2) is 27.4 Å². The summed E-state index contributed by atoms with van der Waals surface area (Å²) in [6, 6.07) is 7.61. The molecule has 100 valence electrons. The highest BCUT2D eigenvalue weighted by atomic mass is 127. The van der Waals surface area contributed by atoms with Crippen LogP contribution in [0.3, 0.4) is 0 Å². The second-order valence-electron chi connectivity index (χ2n) is 4.00. The van der Waals surface area contributed by atoms with Crippen molar-refractivity contribution in [2.75, 3.05) is 11.9 Å². The van der Waals surface area contributed by atoms with Gasteiger partial charge in [-0.25, -0.2) is 4.68 Å². The van der Waals surface area contributed by atoms with Gasteiger partial charge >= 0.3 is 0 Å². The Morgan fingerprint density at radius 3 is 3.05 bits per heavy atom. The fraction of sp³-hybridized carbons (Fsp3) is 0.250. The van der Waals surface area contributed by atoms with Crippen molar-refractivity contribution in [2.24, 2.45) is 5.73 Å². The number of benzene rings is 1. The van der Waals surface area contributed by atoms with Crippen molar-refractivity contribution in [3.05, 3.63) is 39.7 Å². The third-order valence-corrected chi connectivity index (χ3v) is 3.07. The zero-order chi connectivity index (χ0) is 13.7. The highest BCUT2D eigenvalue weighted by Crippen LogP contribution is 2.12. The van der Waals surface area contributed by atoms with Crippen molar-refractivity contribution < 1.29 is 4.79 Å². The second-order valence-corrected chi connectivity index (χ2v) is 5.25. The lowest BCUT2D eigenvalue weighted by Crippen LogP contribution is -2.19. The van der Waals surface area contributed by atoms with E-state index in [9.17, 15) is 4.79 Å². The standard InChI is InChI=1S/C12H14IN5O/c13-9-2-1-3-10(6-9)15-12(19)8-18-7-11(4-5-14)16-17-18/h1-3,6-7H,4-5,8,14H2,(H,15,19). The van der Waals surface area contributed by atoms with E-state index in [1.165, 1.54) is 4.68 Å². The molecule has 3 N–H and O–H groups in total. The molecule has 0 bridgehead atoms. The van der Waals surface area contributed by atoms with Gasteiger partial charge in [0.1, 0.15) is 6.54 Å². The lowest BCUT2D eigenvalue weighted by Gasteiger charge is -2.05. The molecule has 0 radical (unpaired) electrons. The van der Waals surface area contributed by atoms with Gasteiger partial charge in [0.25, 0.3) is 0 Å². The SMILES string of the molecule is NCCc1cn(CC(=O)Nc2cccc(I)c2)nn1. The number of anilines is 1. The van der Waals surface area contributed by atoms with Gasteiger partial charge < -0.3 is 11.1 Å². The van der Waals surface area contributed by atoms with E-state index < -0.39 is 0 Å². The first-order chi connectivity index (χ1) is 9.17. The highest BCUT2D eigenvalue weighted by Gasteiger charge is 2.06. The van der Waals surface area contributed by atoms with Gasteiger partial charge in [-0.3, -0.25) is 4.79 Å². The minimum absolute atomic E-state index is 0.133. The van der Waals surface area contributed by atoms with Crippen molar-refractivity contribution in [3.8, 4) is 0 Å². The van der Waals surface area contributed by atoms with Crippen LogP contribution in [0.25, 0.3) is 0 Å². The maximum Gasteiger partial charge on any atom is 0.246 e. The summed E-state index contributed by atoms with van der Waals surface area (Å²) in [6.07, 6.45) is 2.40. The first-order valence-corrected chi connectivity index (χ1v) is 6.90. The molecule has 1 heterocycles. The van der Waals surface area contributed by atoms with Gasteiger partial charge in [-0.1, -0.05) is 11.3 Å². The van der Waals surface area contributed by atoms with E-state index in [1.807, 2.05) is 24.3 Å². The van der Waals surface area contributed by atoms with Gasteiger partial charge in [0.15, 0.2) is 0 Å². The summed E-state index contributed by atoms with van der Waals surface area (Å²) >= 11 is 2.20. The molecule has 1 amide bonds. The molecule has 1 aromatic heterocycles. The zero-order valence-electron chi connectivity index (χ0n) is 10.2. The summed E-state index contributed by atoms with van der Waals surface area (Å²) in [7, 11) is 0. The van der Waals surface area contributed by atoms with Crippen LogP contribution in [0.1, 0.15) is 5.69 Å². The van der Waals surface area contributed by atoms with E-state index in [0.717, 1.165) is 15.0 Å². The summed E-state index contributed by atoms with van der Waals surface area (Å²) in [6.45, 7) is 0.663. The van der Waals surface area contributed by atoms with Crippen LogP contribution in [0.4, 0.5) is 5.69 Å². The summed E-state index contributed by atoms with van der Waals surface area (Å²) in [5, 5.41) is 10.6. The largest absolute Gasteiger partial charge is 0.330 e. The van der Waals surface area contributed by atoms with E-state index in [2.05, 4.69) is 38.2 Å². The third kappa shape index (κ3) is 4.28. The Morgan fingerprint density at radius 2 is 2.32 bits per heavy atom. The molecule has 2 rings (SSSR count). The molecular formula is C12H14IN5O. The number of amides is 1. The molecule has 1 aromatic carbocycles. The Morgan fingerprint density at radius 1 is 1.47 bits per heavy atom. The van der Waals surface area contributed by atoms with Crippen LogP contribution < -0.4 is 11.1 Å². The number of hydrogen-bond acceptors (Lipinski definition) is 4. The van der Waals surface area contributed by atoms with E-state index in [-0.39, 0.29) is 12.5 Å². The van der Waals surface area contributed by atoms with E-state index in [0.29, 0.717) is 13.0 Å². The van der Waals surface area contributed by atoms with Crippen molar-refractivity contribution in [1.29, 1.82) is 0 Å². The van der Waals surface area contributed by atoms with Crippen LogP contribution in [0.5, 0.6) is 0 Å². The molecule has 0 atom stereocenters. The summed E-state index contributed by atoms with van der Waals surface area (Å²) < 4.78 is 2.58. The predicted molar refractivity (Wildman–Crippen MR) is 80.6 cm³/mol. The van der Waals surface area contributed by atoms with Gasteiger partial charge in [-0.15, -0.1) is 5.10 Å². The Hall–Kier alpha value is -1.48. The van der Waals surface area contributed by atoms with Crippen molar-refractivity contribution in [2.45, 2.75) is 13.0 Å². The number of aromatic nitrogens is 3. The summed E-state index contributed by atoms with van der Waals surface area (Å²) in [5.41, 5.74) is 7.00. The number of hydrogen-bond donors (Lipinski definition) is 2. The Balaban J connectivity index is 1.93. The van der Waals surface area contributed by atoms with Crippen molar-refractivity contribution in [1.82, 2.24) is 15.0 Å². The van der Waals surface area contributed by atoms with Crippen molar-refractivity contribution >= 4 is 34.2 Å². The smallest absolute Gasteiger partial charge is 0.246 e. The lowest BCUT2D eigenvalue weighted by atomic mass is 10.3. The zero-order valence-corrected chi connectivity index (χ0v) is 12.4. The van der Waals surface area contributed by atoms with Crippen LogP contribution in [-0.2, 0) is 17.8 Å². The topological polar surface area (TPSA) is 85.8 Å². The molecule has 0 spiro atoms. The normalized spacial score (nSPS) is 10.4. The van der Waals surface area contributed by atoms with Crippen molar-refractivity contribution in [3.63, 3.8) is 0 Å². The average molecular weight is 371 g/mol. The Kier molecular flexibility index (Phi) is 4.86. The fourth-order valence-electron chi connectivity index (χ4n) is 1.59. The molecule has 2 aromatic rings. The van der Waals surface area contributed by atoms with Gasteiger partial charge in [-0.2, -0.15) is 0 Å². The predicted octanol–water partition coefficient (Wildman–Crippen LogP) is 1.02. The maximum absolute atomic E-state index is 11.8. The minimum Gasteiger partial charge on any atom is -0.330 e. The first kappa shape index (κ1) is 13.9. The molecule has 0 aliphatic heterocycles. The highest BCUT2D eigenvalue weighted by molar-refractivity contribution is 14.1. The molecule has 7 heteroatoms. The Labute approximate surface area is 124 Å². The lowest BCUT2D eigenvalue weighted by molar-refractivity contribution is -0.116. The number of nitrogens with two attached hydrogens (primary N) is 1. The number of nitrogens with zero attached hydrogens (tertiary/aromatic N) is 3. The van der Waals surface area contributed by atoms with E-state index in [4.69, 9.17) is 5.73 Å². The number of nitrogens with one attached hydrogen (secondary N) is 1. The molecule has 0 saturated heterocycles. The molecule has 19 heavy (non-hydrogen) atoms. The summed E-state index contributed by atoms with van der Waals surface area (Å²) in [5.74, 6) is -0.133. The molecule has 0 aliphatic rings. The third-order valence-electron chi connectivity index (χ3n) is 2.40. The molecule has 0 unspecified atom stereocenters. The Bertz CT molecular complexity index is 569. The maximum atomic E-state index is 11.8. The summed E-state index contributed by atoms with van der Waals surface area (Å²) in [4.78, 5) is 11.8. The van der Waals surface area contributed by atoms with Gasteiger partial charge in [-0.05, 0) is 47.3 Å². The number of halogens is 1. The van der Waals surface area contributed by atoms with E-state index >= 15 is 0 Å². The van der Waals surface area contributed by atoms with Gasteiger partial charge in [0.2, 0.25) is 5.91 Å². The van der Waals surface area contributed by atoms with Gasteiger partial charge in [0.05, 0.1) is 5.69 Å². The molecule has 6 nitrogen and oxygen atoms in total. The van der Waals surface area contributed by atoms with Gasteiger partial charge in [0, 0.05) is 21.9 Å². The number of rotatable bonds is 5. The van der Waals surface area contributed by atoms with Crippen LogP contribution in [0.2, 0.25) is 0 Å². The number of carbonyl (C=O) groups is 1. The molecule has 0 aliphatic carbocycles. The quantitative estimate of drug-likeness (QED) is 0.769. The monoisotopic (exact) mass is 371 g/mol. The van der Waals surface area contributed by atoms with Crippen LogP contribution in [0, 0.1) is 3.57 Å². The second kappa shape index (κ2) is 6.62. The first-order valence-electron chi connectivity index (χ1n) is 5.82. The van der Waals surface area contributed by atoms with E-state index in [1.54, 1.807) is 6.20 Å². The van der Waals surface area contributed by atoms with Crippen LogP contribution >= 0.6 is 22.6 Å². The minimum atomic E-state index is -0.133. The number of carbonyl (C=O) groups excluding carboxylic acids is 1.